The predicted octanol–water partition coefficient (Wildman–Crippen LogP) is 4.28. The fourth-order valence-electron chi connectivity index (χ4n) is 3.21. The minimum Gasteiger partial charge on any atom is -0.454 e. The van der Waals surface area contributed by atoms with Crippen LogP contribution < -0.4 is 0 Å². The molecule has 0 aliphatic carbocycles. The van der Waals surface area contributed by atoms with Crippen LogP contribution in [-0.2, 0) is 4.74 Å². The molecule has 0 fully saturated rings. The minimum atomic E-state index is -0.556. The second-order valence-electron chi connectivity index (χ2n) is 6.46. The smallest absolute Gasteiger partial charge is 0.340 e. The Morgan fingerprint density at radius 2 is 1.86 bits per heavy atom. The summed E-state index contributed by atoms with van der Waals surface area (Å²) in [5.74, 6) is -0.0503. The molecule has 0 radical (unpaired) electrons. The first-order valence-corrected chi connectivity index (χ1v) is 8.84. The highest BCUT2D eigenvalue weighted by atomic mass is 16.5. The van der Waals surface area contributed by atoms with Crippen molar-refractivity contribution in [1.82, 2.24) is 9.55 Å². The number of pyridine rings is 1. The van der Waals surface area contributed by atoms with Gasteiger partial charge in [-0.25, -0.2) is 9.78 Å². The number of hydrogen-bond acceptors (Lipinski definition) is 5. The van der Waals surface area contributed by atoms with Crippen molar-refractivity contribution in [3.8, 4) is 5.82 Å². The van der Waals surface area contributed by atoms with E-state index in [0.717, 1.165) is 16.9 Å². The van der Waals surface area contributed by atoms with E-state index in [9.17, 15) is 9.59 Å². The zero-order valence-corrected chi connectivity index (χ0v) is 15.5. The molecule has 0 atom stereocenters. The number of ketones is 1. The number of fused-ring (bicyclic) bond motifs is 1. The number of Topliss-reactive ketones (excluding diaryl/α,β-unsaturated/α-hetero) is 1. The number of esters is 1. The van der Waals surface area contributed by atoms with Crippen LogP contribution in [0.15, 0.2) is 65.2 Å². The van der Waals surface area contributed by atoms with E-state index < -0.39 is 5.97 Å². The maximum Gasteiger partial charge on any atom is 0.340 e. The Balaban J connectivity index is 1.50. The predicted molar refractivity (Wildman–Crippen MR) is 104 cm³/mol. The summed E-state index contributed by atoms with van der Waals surface area (Å²) in [7, 11) is 0. The van der Waals surface area contributed by atoms with Gasteiger partial charge in [0.15, 0.2) is 12.4 Å². The third-order valence-corrected chi connectivity index (χ3v) is 4.56. The Bertz CT molecular complexity index is 1140. The van der Waals surface area contributed by atoms with Gasteiger partial charge in [0.05, 0.1) is 5.56 Å². The molecule has 0 aliphatic heterocycles. The highest BCUT2D eigenvalue weighted by molar-refractivity contribution is 6.00. The van der Waals surface area contributed by atoms with Gasteiger partial charge in [-0.1, -0.05) is 24.3 Å². The van der Waals surface area contributed by atoms with Crippen molar-refractivity contribution in [2.75, 3.05) is 6.61 Å². The molecule has 0 unspecified atom stereocenters. The van der Waals surface area contributed by atoms with E-state index in [2.05, 4.69) is 4.98 Å². The van der Waals surface area contributed by atoms with Gasteiger partial charge in [-0.05, 0) is 44.2 Å². The number of nitrogens with zero attached hydrogens (tertiary/aromatic N) is 2. The van der Waals surface area contributed by atoms with Crippen molar-refractivity contribution >= 4 is 22.7 Å². The molecule has 0 N–H and O–H groups in total. The Hall–Kier alpha value is -3.67. The maximum absolute atomic E-state index is 12.5. The zero-order valence-electron chi connectivity index (χ0n) is 15.5. The quantitative estimate of drug-likeness (QED) is 0.385. The number of aryl methyl sites for hydroxylation is 1. The lowest BCUT2D eigenvalue weighted by Crippen LogP contribution is -2.14. The molecule has 140 valence electrons. The fraction of sp³-hybridized carbons (Fsp3) is 0.136. The third-order valence-electron chi connectivity index (χ3n) is 4.56. The Morgan fingerprint density at radius 3 is 2.61 bits per heavy atom. The van der Waals surface area contributed by atoms with Gasteiger partial charge in [-0.15, -0.1) is 0 Å². The van der Waals surface area contributed by atoms with Gasteiger partial charge in [0, 0.05) is 23.0 Å². The highest BCUT2D eigenvalue weighted by Gasteiger charge is 2.20. The minimum absolute atomic E-state index is 0.174. The lowest BCUT2D eigenvalue weighted by Gasteiger charge is -2.08. The van der Waals surface area contributed by atoms with Crippen molar-refractivity contribution in [3.63, 3.8) is 0 Å². The molecule has 6 heteroatoms. The number of aromatic nitrogens is 2. The summed E-state index contributed by atoms with van der Waals surface area (Å²) < 4.78 is 12.6. The van der Waals surface area contributed by atoms with E-state index in [1.807, 2.05) is 54.8 Å². The molecule has 1 aromatic carbocycles. The van der Waals surface area contributed by atoms with Crippen LogP contribution in [0.4, 0.5) is 0 Å². The van der Waals surface area contributed by atoms with Crippen molar-refractivity contribution in [2.24, 2.45) is 0 Å². The fourth-order valence-corrected chi connectivity index (χ4v) is 3.21. The van der Waals surface area contributed by atoms with Gasteiger partial charge in [0.1, 0.15) is 11.4 Å². The van der Waals surface area contributed by atoms with Crippen LogP contribution in [0.25, 0.3) is 16.8 Å². The molecular formula is C22H18N2O4. The van der Waals surface area contributed by atoms with Crippen LogP contribution in [0.5, 0.6) is 0 Å². The van der Waals surface area contributed by atoms with E-state index in [0.29, 0.717) is 16.8 Å². The van der Waals surface area contributed by atoms with Gasteiger partial charge in [-0.2, -0.15) is 0 Å². The zero-order chi connectivity index (χ0) is 19.7. The monoisotopic (exact) mass is 374 g/mol. The number of furan rings is 1. The molecule has 0 bridgehead atoms. The number of para-hydroxylation sites is 1. The van der Waals surface area contributed by atoms with Crippen LogP contribution in [0, 0.1) is 13.8 Å². The summed E-state index contributed by atoms with van der Waals surface area (Å²) >= 11 is 0. The van der Waals surface area contributed by atoms with Crippen LogP contribution >= 0.6 is 0 Å². The number of rotatable bonds is 5. The molecule has 6 nitrogen and oxygen atoms in total. The molecule has 3 heterocycles. The van der Waals surface area contributed by atoms with Crippen LogP contribution in [0.1, 0.15) is 32.3 Å². The lowest BCUT2D eigenvalue weighted by molar-refractivity contribution is 0.0467. The summed E-state index contributed by atoms with van der Waals surface area (Å²) in [4.78, 5) is 29.2. The summed E-state index contributed by atoms with van der Waals surface area (Å²) in [5, 5.41) is 0.830. The molecular weight excluding hydrogens is 356 g/mol. The van der Waals surface area contributed by atoms with Gasteiger partial charge in [-0.3, -0.25) is 4.79 Å². The molecule has 3 aromatic heterocycles. The van der Waals surface area contributed by atoms with Crippen molar-refractivity contribution in [3.05, 3.63) is 83.5 Å². The van der Waals surface area contributed by atoms with E-state index in [-0.39, 0.29) is 18.2 Å². The van der Waals surface area contributed by atoms with Crippen LogP contribution in [-0.4, -0.2) is 27.9 Å². The Morgan fingerprint density at radius 1 is 1.07 bits per heavy atom. The van der Waals surface area contributed by atoms with E-state index >= 15 is 0 Å². The molecule has 4 rings (SSSR count). The van der Waals surface area contributed by atoms with E-state index in [1.165, 1.54) is 0 Å². The molecule has 0 aliphatic rings. The average Bonchev–Trinajstić information content (AvgIpc) is 3.27. The normalized spacial score (nSPS) is 10.9. The van der Waals surface area contributed by atoms with E-state index in [1.54, 1.807) is 24.4 Å². The average molecular weight is 374 g/mol. The number of ether oxygens (including phenoxy) is 1. The molecule has 28 heavy (non-hydrogen) atoms. The molecule has 0 saturated heterocycles. The van der Waals surface area contributed by atoms with Crippen molar-refractivity contribution in [1.29, 1.82) is 0 Å². The summed E-state index contributed by atoms with van der Waals surface area (Å²) in [6.45, 7) is 3.32. The summed E-state index contributed by atoms with van der Waals surface area (Å²) in [6.07, 6.45) is 1.69. The number of benzene rings is 1. The number of carbonyl (C=O) groups excluding carboxylic acids is 2. The first kappa shape index (κ1) is 17.7. The highest BCUT2D eigenvalue weighted by Crippen LogP contribution is 2.21. The lowest BCUT2D eigenvalue weighted by atomic mass is 10.2. The molecule has 0 amide bonds. The van der Waals surface area contributed by atoms with Crippen molar-refractivity contribution in [2.45, 2.75) is 13.8 Å². The van der Waals surface area contributed by atoms with E-state index in [4.69, 9.17) is 9.15 Å². The number of hydrogen-bond donors (Lipinski definition) is 0. The van der Waals surface area contributed by atoms with Gasteiger partial charge in [0.25, 0.3) is 0 Å². The van der Waals surface area contributed by atoms with Crippen LogP contribution in [0.2, 0.25) is 0 Å². The topological polar surface area (TPSA) is 74.3 Å². The largest absolute Gasteiger partial charge is 0.454 e. The third kappa shape index (κ3) is 3.20. The maximum atomic E-state index is 12.5. The Labute approximate surface area is 161 Å². The SMILES string of the molecule is Cc1cc(C(=O)OCC(=O)c2cc3ccccc3o2)c(C)n1-c1ccccn1. The second-order valence-corrected chi connectivity index (χ2v) is 6.46. The number of carbonyl (C=O) groups is 2. The molecule has 0 spiro atoms. The first-order chi connectivity index (χ1) is 13.5. The summed E-state index contributed by atoms with van der Waals surface area (Å²) in [6, 6.07) is 16.3. The molecule has 4 aromatic rings. The first-order valence-electron chi connectivity index (χ1n) is 8.84. The second kappa shape index (κ2) is 7.15. The Kier molecular flexibility index (Phi) is 4.53. The van der Waals surface area contributed by atoms with Gasteiger partial charge in [0.2, 0.25) is 5.78 Å². The summed E-state index contributed by atoms with van der Waals surface area (Å²) in [5.41, 5.74) is 2.58. The van der Waals surface area contributed by atoms with Gasteiger partial charge >= 0.3 is 5.97 Å². The molecule has 0 saturated carbocycles. The van der Waals surface area contributed by atoms with Crippen molar-refractivity contribution < 1.29 is 18.7 Å². The van der Waals surface area contributed by atoms with Gasteiger partial charge < -0.3 is 13.7 Å². The van der Waals surface area contributed by atoms with Crippen LogP contribution in [0.3, 0.4) is 0 Å². The standard InChI is InChI=1S/C22H18N2O4/c1-14-11-17(15(2)24(14)21-9-5-6-10-23-21)22(26)27-13-18(25)20-12-16-7-3-4-8-19(16)28-20/h3-12H,13H2,1-2H3.